The van der Waals surface area contributed by atoms with Crippen molar-refractivity contribution in [2.75, 3.05) is 6.54 Å². The lowest BCUT2D eigenvalue weighted by Gasteiger charge is -2.46. The molecule has 0 radical (unpaired) electrons. The van der Waals surface area contributed by atoms with Crippen molar-refractivity contribution in [3.63, 3.8) is 0 Å². The normalized spacial score (nSPS) is 29.9. The standard InChI is InChI=1S/C13H22N2O3/c16-11(17)2-1-9-14-12(18)15-13-6-3-10(4-7-13)5-8-13/h10H,1-9H2,(H,16,17)(H2,14,15,18). The number of aliphatic carboxylic acids is 1. The number of carbonyl (C=O) groups is 2. The van der Waals surface area contributed by atoms with Gasteiger partial charge in [-0.3, -0.25) is 4.79 Å². The van der Waals surface area contributed by atoms with Gasteiger partial charge in [0.15, 0.2) is 0 Å². The molecule has 3 rings (SSSR count). The van der Waals surface area contributed by atoms with Crippen molar-refractivity contribution < 1.29 is 14.7 Å². The Hall–Kier alpha value is -1.26. The van der Waals surface area contributed by atoms with Crippen molar-refractivity contribution in [3.05, 3.63) is 0 Å². The first kappa shape index (κ1) is 13.2. The van der Waals surface area contributed by atoms with E-state index >= 15 is 0 Å². The van der Waals surface area contributed by atoms with E-state index in [4.69, 9.17) is 5.11 Å². The molecule has 3 N–H and O–H groups in total. The topological polar surface area (TPSA) is 78.4 Å². The monoisotopic (exact) mass is 254 g/mol. The number of urea groups is 1. The van der Waals surface area contributed by atoms with E-state index in [2.05, 4.69) is 10.6 Å². The fourth-order valence-corrected chi connectivity index (χ4v) is 3.16. The molecule has 0 aliphatic heterocycles. The third-order valence-electron chi connectivity index (χ3n) is 4.33. The second-order valence-corrected chi connectivity index (χ2v) is 5.64. The molecule has 0 heterocycles. The highest BCUT2D eigenvalue weighted by Crippen LogP contribution is 2.43. The van der Waals surface area contributed by atoms with Gasteiger partial charge in [0.1, 0.15) is 0 Å². The van der Waals surface area contributed by atoms with Crippen LogP contribution in [0.5, 0.6) is 0 Å². The van der Waals surface area contributed by atoms with E-state index < -0.39 is 5.97 Å². The summed E-state index contributed by atoms with van der Waals surface area (Å²) in [6.45, 7) is 0.427. The highest BCUT2D eigenvalue weighted by atomic mass is 16.4. The first-order valence-corrected chi connectivity index (χ1v) is 6.87. The minimum Gasteiger partial charge on any atom is -0.481 e. The summed E-state index contributed by atoms with van der Waals surface area (Å²) in [6, 6.07) is -0.138. The van der Waals surface area contributed by atoms with Crippen LogP contribution in [0.4, 0.5) is 4.79 Å². The summed E-state index contributed by atoms with van der Waals surface area (Å²) < 4.78 is 0. The van der Waals surface area contributed by atoms with Crippen LogP contribution < -0.4 is 10.6 Å². The summed E-state index contributed by atoms with van der Waals surface area (Å²) in [5.74, 6) is 0.0636. The van der Waals surface area contributed by atoms with Gasteiger partial charge in [-0.1, -0.05) is 0 Å². The summed E-state index contributed by atoms with van der Waals surface area (Å²) in [5, 5.41) is 14.4. The molecule has 0 unspecified atom stereocenters. The summed E-state index contributed by atoms with van der Waals surface area (Å²) in [6.07, 6.45) is 7.59. The highest BCUT2D eigenvalue weighted by Gasteiger charge is 2.41. The molecule has 0 spiro atoms. The van der Waals surface area contributed by atoms with E-state index in [1.807, 2.05) is 0 Å². The van der Waals surface area contributed by atoms with Gasteiger partial charge in [-0.15, -0.1) is 0 Å². The molecule has 0 saturated heterocycles. The van der Waals surface area contributed by atoms with Gasteiger partial charge in [0.25, 0.3) is 0 Å². The lowest BCUT2D eigenvalue weighted by molar-refractivity contribution is -0.137. The van der Waals surface area contributed by atoms with E-state index in [0.29, 0.717) is 13.0 Å². The predicted octanol–water partition coefficient (Wildman–Crippen LogP) is 1.87. The van der Waals surface area contributed by atoms with Gasteiger partial charge in [0, 0.05) is 18.5 Å². The molecule has 5 heteroatoms. The highest BCUT2D eigenvalue weighted by molar-refractivity contribution is 5.75. The van der Waals surface area contributed by atoms with E-state index in [-0.39, 0.29) is 18.0 Å². The Bertz CT molecular complexity index is 308. The molecule has 3 saturated carbocycles. The maximum absolute atomic E-state index is 11.8. The molecule has 0 aromatic heterocycles. The molecule has 3 aliphatic carbocycles. The van der Waals surface area contributed by atoms with Crippen molar-refractivity contribution >= 4 is 12.0 Å². The number of hydrogen-bond acceptors (Lipinski definition) is 2. The van der Waals surface area contributed by atoms with Crippen molar-refractivity contribution in [1.82, 2.24) is 10.6 Å². The molecule has 2 amide bonds. The van der Waals surface area contributed by atoms with E-state index in [0.717, 1.165) is 25.2 Å². The minimum atomic E-state index is -0.818. The SMILES string of the molecule is O=C(O)CCCNC(=O)NC12CCC(CC1)CC2. The molecule has 5 nitrogen and oxygen atoms in total. The van der Waals surface area contributed by atoms with Gasteiger partial charge < -0.3 is 15.7 Å². The third kappa shape index (κ3) is 3.37. The zero-order valence-electron chi connectivity index (χ0n) is 10.7. The number of carboxylic acid groups (broad SMARTS) is 1. The largest absolute Gasteiger partial charge is 0.481 e. The fourth-order valence-electron chi connectivity index (χ4n) is 3.16. The summed E-state index contributed by atoms with van der Waals surface area (Å²) >= 11 is 0. The summed E-state index contributed by atoms with van der Waals surface area (Å²) in [5.41, 5.74) is 0.0195. The van der Waals surface area contributed by atoms with Gasteiger partial charge in [-0.2, -0.15) is 0 Å². The molecule has 2 bridgehead atoms. The van der Waals surface area contributed by atoms with Crippen LogP contribution in [0.15, 0.2) is 0 Å². The van der Waals surface area contributed by atoms with Crippen LogP contribution in [0.1, 0.15) is 51.4 Å². The van der Waals surface area contributed by atoms with Crippen LogP contribution in [-0.4, -0.2) is 29.2 Å². The second-order valence-electron chi connectivity index (χ2n) is 5.64. The number of amides is 2. The Morgan fingerprint density at radius 2 is 1.78 bits per heavy atom. The molecule has 18 heavy (non-hydrogen) atoms. The predicted molar refractivity (Wildman–Crippen MR) is 67.3 cm³/mol. The Kier molecular flexibility index (Phi) is 4.09. The maximum atomic E-state index is 11.8. The van der Waals surface area contributed by atoms with Gasteiger partial charge in [0.05, 0.1) is 0 Å². The zero-order valence-corrected chi connectivity index (χ0v) is 10.7. The van der Waals surface area contributed by atoms with Crippen LogP contribution >= 0.6 is 0 Å². The number of rotatable bonds is 5. The summed E-state index contributed by atoms with van der Waals surface area (Å²) in [4.78, 5) is 22.1. The Morgan fingerprint density at radius 1 is 1.17 bits per heavy atom. The Morgan fingerprint density at radius 3 is 2.33 bits per heavy atom. The first-order valence-electron chi connectivity index (χ1n) is 6.87. The van der Waals surface area contributed by atoms with Gasteiger partial charge in [-0.25, -0.2) is 4.79 Å². The molecule has 3 fully saturated rings. The Labute approximate surface area is 107 Å². The van der Waals surface area contributed by atoms with Crippen LogP contribution in [0.25, 0.3) is 0 Å². The first-order chi connectivity index (χ1) is 8.60. The molecular weight excluding hydrogens is 232 g/mol. The molecule has 0 aromatic carbocycles. The quantitative estimate of drug-likeness (QED) is 0.655. The van der Waals surface area contributed by atoms with Crippen LogP contribution in [0, 0.1) is 5.92 Å². The van der Waals surface area contributed by atoms with Crippen molar-refractivity contribution in [3.8, 4) is 0 Å². The van der Waals surface area contributed by atoms with Gasteiger partial charge in [0.2, 0.25) is 0 Å². The molecule has 3 aliphatic rings. The second kappa shape index (κ2) is 5.59. The van der Waals surface area contributed by atoms with Crippen molar-refractivity contribution in [1.29, 1.82) is 0 Å². The third-order valence-corrected chi connectivity index (χ3v) is 4.33. The van der Waals surface area contributed by atoms with Gasteiger partial charge in [-0.05, 0) is 50.9 Å². The van der Waals surface area contributed by atoms with E-state index in [1.165, 1.54) is 19.3 Å². The van der Waals surface area contributed by atoms with E-state index in [1.54, 1.807) is 0 Å². The average Bonchev–Trinajstić information content (AvgIpc) is 2.36. The molecular formula is C13H22N2O3. The summed E-state index contributed by atoms with van der Waals surface area (Å²) in [7, 11) is 0. The van der Waals surface area contributed by atoms with Crippen molar-refractivity contribution in [2.45, 2.75) is 56.9 Å². The number of carboxylic acids is 1. The van der Waals surface area contributed by atoms with Gasteiger partial charge >= 0.3 is 12.0 Å². The maximum Gasteiger partial charge on any atom is 0.315 e. The number of carbonyl (C=O) groups excluding carboxylic acids is 1. The van der Waals surface area contributed by atoms with Crippen LogP contribution in [0.3, 0.4) is 0 Å². The number of hydrogen-bond donors (Lipinski definition) is 3. The molecule has 0 aromatic rings. The molecule has 0 atom stereocenters. The molecule has 102 valence electrons. The van der Waals surface area contributed by atoms with Crippen LogP contribution in [-0.2, 0) is 4.79 Å². The fraction of sp³-hybridized carbons (Fsp3) is 0.846. The van der Waals surface area contributed by atoms with Crippen molar-refractivity contribution in [2.24, 2.45) is 5.92 Å². The Balaban J connectivity index is 1.68. The number of nitrogens with one attached hydrogen (secondary N) is 2. The lowest BCUT2D eigenvalue weighted by atomic mass is 9.66. The van der Waals surface area contributed by atoms with Crippen LogP contribution in [0.2, 0.25) is 0 Å². The lowest BCUT2D eigenvalue weighted by Crippen LogP contribution is -2.56. The average molecular weight is 254 g/mol. The number of fused-ring (bicyclic) bond motifs is 3. The zero-order chi connectivity index (χ0) is 13.0. The smallest absolute Gasteiger partial charge is 0.315 e. The van der Waals surface area contributed by atoms with E-state index in [9.17, 15) is 9.59 Å². The minimum absolute atomic E-state index is 0.0195.